The molecular formula is C13H15N5O2. The topological polar surface area (TPSA) is 91.0 Å². The molecule has 2 aromatic rings. The van der Waals surface area contributed by atoms with Gasteiger partial charge in [-0.3, -0.25) is 20.0 Å². The van der Waals surface area contributed by atoms with Gasteiger partial charge in [-0.25, -0.2) is 0 Å². The number of hydrogen-bond acceptors (Lipinski definition) is 4. The van der Waals surface area contributed by atoms with E-state index in [0.717, 1.165) is 0 Å². The summed E-state index contributed by atoms with van der Waals surface area (Å²) < 4.78 is 0. The van der Waals surface area contributed by atoms with Crippen LogP contribution in [-0.2, 0) is 4.79 Å². The highest BCUT2D eigenvalue weighted by atomic mass is 16.2. The highest BCUT2D eigenvalue weighted by Crippen LogP contribution is 2.20. The number of aromatic amines is 1. The quantitative estimate of drug-likeness (QED) is 0.883. The third kappa shape index (κ3) is 2.82. The molecule has 1 heterocycles. The monoisotopic (exact) mass is 273 g/mol. The molecule has 7 nitrogen and oxygen atoms in total. The first-order valence-corrected chi connectivity index (χ1v) is 6.02. The van der Waals surface area contributed by atoms with Crippen molar-refractivity contribution in [2.24, 2.45) is 0 Å². The number of aromatic nitrogens is 3. The van der Waals surface area contributed by atoms with E-state index in [0.29, 0.717) is 17.1 Å². The zero-order valence-electron chi connectivity index (χ0n) is 11.5. The molecule has 0 bridgehead atoms. The van der Waals surface area contributed by atoms with E-state index in [2.05, 4.69) is 20.5 Å². The van der Waals surface area contributed by atoms with E-state index in [1.165, 1.54) is 11.8 Å². The number of rotatable bonds is 3. The Morgan fingerprint density at radius 3 is 2.60 bits per heavy atom. The molecule has 0 saturated heterocycles. The van der Waals surface area contributed by atoms with Crippen LogP contribution in [0.4, 0.5) is 11.6 Å². The molecule has 2 amide bonds. The number of para-hydroxylation sites is 1. The number of benzene rings is 1. The molecule has 1 aromatic heterocycles. The van der Waals surface area contributed by atoms with Crippen LogP contribution in [0.25, 0.3) is 0 Å². The summed E-state index contributed by atoms with van der Waals surface area (Å²) in [6.07, 6.45) is 0. The molecule has 0 atom stereocenters. The zero-order valence-corrected chi connectivity index (χ0v) is 11.5. The van der Waals surface area contributed by atoms with E-state index < -0.39 is 0 Å². The van der Waals surface area contributed by atoms with Gasteiger partial charge in [0.2, 0.25) is 11.9 Å². The summed E-state index contributed by atoms with van der Waals surface area (Å²) in [5.41, 5.74) is 0.914. The molecule has 7 heteroatoms. The van der Waals surface area contributed by atoms with Crippen molar-refractivity contribution >= 4 is 23.5 Å². The molecule has 0 unspecified atom stereocenters. The van der Waals surface area contributed by atoms with Crippen LogP contribution >= 0.6 is 0 Å². The van der Waals surface area contributed by atoms with Gasteiger partial charge in [0.05, 0.1) is 11.3 Å². The van der Waals surface area contributed by atoms with E-state index in [4.69, 9.17) is 0 Å². The smallest absolute Gasteiger partial charge is 0.260 e. The summed E-state index contributed by atoms with van der Waals surface area (Å²) in [5.74, 6) is 0.286. The van der Waals surface area contributed by atoms with Crippen molar-refractivity contribution in [3.8, 4) is 0 Å². The SMILES string of the molecule is CC(=O)N(C)c1ccccc1C(=O)Nc1n[nH]c(C)n1. The Morgan fingerprint density at radius 2 is 2.00 bits per heavy atom. The van der Waals surface area contributed by atoms with Crippen LogP contribution in [0.15, 0.2) is 24.3 Å². The fourth-order valence-corrected chi connectivity index (χ4v) is 1.70. The largest absolute Gasteiger partial charge is 0.315 e. The Balaban J connectivity index is 2.28. The first kappa shape index (κ1) is 13.7. The van der Waals surface area contributed by atoms with Crippen LogP contribution < -0.4 is 10.2 Å². The lowest BCUT2D eigenvalue weighted by atomic mass is 10.1. The van der Waals surface area contributed by atoms with E-state index in [1.54, 1.807) is 38.2 Å². The maximum absolute atomic E-state index is 12.2. The molecule has 1 aromatic carbocycles. The van der Waals surface area contributed by atoms with Crippen LogP contribution in [-0.4, -0.2) is 34.0 Å². The minimum absolute atomic E-state index is 0.154. The summed E-state index contributed by atoms with van der Waals surface area (Å²) in [6.45, 7) is 3.17. The van der Waals surface area contributed by atoms with Crippen molar-refractivity contribution in [1.29, 1.82) is 0 Å². The van der Waals surface area contributed by atoms with Crippen LogP contribution in [0.5, 0.6) is 0 Å². The second-order valence-electron chi connectivity index (χ2n) is 4.29. The third-order valence-electron chi connectivity index (χ3n) is 2.80. The van der Waals surface area contributed by atoms with Crippen molar-refractivity contribution in [2.45, 2.75) is 13.8 Å². The molecule has 2 N–H and O–H groups in total. The van der Waals surface area contributed by atoms with Crippen molar-refractivity contribution in [3.05, 3.63) is 35.7 Å². The number of nitrogens with zero attached hydrogens (tertiary/aromatic N) is 3. The highest BCUT2D eigenvalue weighted by molar-refractivity contribution is 6.09. The molecule has 104 valence electrons. The van der Waals surface area contributed by atoms with Crippen molar-refractivity contribution in [3.63, 3.8) is 0 Å². The molecule has 0 spiro atoms. The van der Waals surface area contributed by atoms with Crippen LogP contribution in [0, 0.1) is 6.92 Å². The standard InChI is InChI=1S/C13H15N5O2/c1-8-14-13(17-16-8)15-12(20)10-6-4-5-7-11(10)18(3)9(2)19/h4-7H,1-3H3,(H2,14,15,16,17,20). The molecule has 0 saturated carbocycles. The maximum atomic E-state index is 12.2. The number of H-pyrrole nitrogens is 1. The first-order valence-electron chi connectivity index (χ1n) is 6.02. The fraction of sp³-hybridized carbons (Fsp3) is 0.231. The minimum atomic E-state index is -0.368. The van der Waals surface area contributed by atoms with Gasteiger partial charge >= 0.3 is 0 Å². The first-order chi connectivity index (χ1) is 9.49. The van der Waals surface area contributed by atoms with Gasteiger partial charge in [0.25, 0.3) is 5.91 Å². The molecular weight excluding hydrogens is 258 g/mol. The van der Waals surface area contributed by atoms with Crippen molar-refractivity contribution in [2.75, 3.05) is 17.3 Å². The maximum Gasteiger partial charge on any atom is 0.260 e. The predicted molar refractivity (Wildman–Crippen MR) is 74.6 cm³/mol. The predicted octanol–water partition coefficient (Wildman–Crippen LogP) is 1.35. The Morgan fingerprint density at radius 1 is 1.30 bits per heavy atom. The molecule has 0 aliphatic carbocycles. The number of carbonyl (C=O) groups excluding carboxylic acids is 2. The summed E-state index contributed by atoms with van der Waals surface area (Å²) in [7, 11) is 1.62. The van der Waals surface area contributed by atoms with Gasteiger partial charge < -0.3 is 4.90 Å². The zero-order chi connectivity index (χ0) is 14.7. The highest BCUT2D eigenvalue weighted by Gasteiger charge is 2.17. The molecule has 0 aliphatic rings. The summed E-state index contributed by atoms with van der Waals surface area (Å²) in [4.78, 5) is 29.1. The van der Waals surface area contributed by atoms with E-state index in [1.807, 2.05) is 0 Å². The molecule has 0 radical (unpaired) electrons. The Bertz CT molecular complexity index is 650. The van der Waals surface area contributed by atoms with Gasteiger partial charge in [0.1, 0.15) is 5.82 Å². The number of anilines is 2. The number of carbonyl (C=O) groups is 2. The van der Waals surface area contributed by atoms with Gasteiger partial charge in [0.15, 0.2) is 0 Å². The molecule has 0 aliphatic heterocycles. The summed E-state index contributed by atoms with van der Waals surface area (Å²) in [6, 6.07) is 6.85. The van der Waals surface area contributed by atoms with Crippen LogP contribution in [0.1, 0.15) is 23.1 Å². The number of aryl methyl sites for hydroxylation is 1. The average molecular weight is 273 g/mol. The Labute approximate surface area is 116 Å². The van der Waals surface area contributed by atoms with Gasteiger partial charge in [0, 0.05) is 14.0 Å². The molecule has 20 heavy (non-hydrogen) atoms. The lowest BCUT2D eigenvalue weighted by Gasteiger charge is -2.18. The fourth-order valence-electron chi connectivity index (χ4n) is 1.70. The van der Waals surface area contributed by atoms with Crippen molar-refractivity contribution in [1.82, 2.24) is 15.2 Å². The van der Waals surface area contributed by atoms with Gasteiger partial charge in [-0.05, 0) is 19.1 Å². The Hall–Kier alpha value is -2.70. The second-order valence-corrected chi connectivity index (χ2v) is 4.29. The third-order valence-corrected chi connectivity index (χ3v) is 2.80. The van der Waals surface area contributed by atoms with Crippen LogP contribution in [0.2, 0.25) is 0 Å². The lowest BCUT2D eigenvalue weighted by Crippen LogP contribution is -2.26. The lowest BCUT2D eigenvalue weighted by molar-refractivity contribution is -0.116. The number of amides is 2. The number of nitrogens with one attached hydrogen (secondary N) is 2. The van der Waals surface area contributed by atoms with Crippen molar-refractivity contribution < 1.29 is 9.59 Å². The minimum Gasteiger partial charge on any atom is -0.315 e. The van der Waals surface area contributed by atoms with E-state index in [9.17, 15) is 9.59 Å². The molecule has 2 rings (SSSR count). The van der Waals surface area contributed by atoms with E-state index >= 15 is 0 Å². The normalized spacial score (nSPS) is 10.2. The molecule has 0 fully saturated rings. The van der Waals surface area contributed by atoms with Gasteiger partial charge in [-0.15, -0.1) is 5.10 Å². The summed E-state index contributed by atoms with van der Waals surface area (Å²) in [5, 5.41) is 9.07. The Kier molecular flexibility index (Phi) is 3.79. The number of hydrogen-bond donors (Lipinski definition) is 2. The van der Waals surface area contributed by atoms with Gasteiger partial charge in [-0.2, -0.15) is 4.98 Å². The average Bonchev–Trinajstić information content (AvgIpc) is 2.83. The van der Waals surface area contributed by atoms with Gasteiger partial charge in [-0.1, -0.05) is 12.1 Å². The van der Waals surface area contributed by atoms with Crippen LogP contribution in [0.3, 0.4) is 0 Å². The second kappa shape index (κ2) is 5.52. The summed E-state index contributed by atoms with van der Waals surface area (Å²) >= 11 is 0. The van der Waals surface area contributed by atoms with E-state index in [-0.39, 0.29) is 17.8 Å².